The largest absolute Gasteiger partial charge is 0.497 e. The quantitative estimate of drug-likeness (QED) is 0.724. The molecule has 0 fully saturated rings. The van der Waals surface area contributed by atoms with Crippen LogP contribution < -0.4 is 4.74 Å². The van der Waals surface area contributed by atoms with Gasteiger partial charge in [-0.3, -0.25) is 9.59 Å². The van der Waals surface area contributed by atoms with Crippen molar-refractivity contribution in [2.75, 3.05) is 13.7 Å². The molecule has 2 atom stereocenters. The average Bonchev–Trinajstić information content (AvgIpc) is 2.74. The molecule has 0 saturated carbocycles. The molecule has 2 aromatic rings. The second-order valence-corrected chi connectivity index (χ2v) is 7.22. The fraction of sp³-hybridized carbons (Fsp3) is 0.333. The lowest BCUT2D eigenvalue weighted by Gasteiger charge is -2.35. The maximum Gasteiger partial charge on any atom is 0.225 e. The summed E-state index contributed by atoms with van der Waals surface area (Å²) < 4.78 is 5.32. The first-order chi connectivity index (χ1) is 14.0. The zero-order chi connectivity index (χ0) is 21.0. The predicted molar refractivity (Wildman–Crippen MR) is 114 cm³/mol. The van der Waals surface area contributed by atoms with Gasteiger partial charge in [0, 0.05) is 19.7 Å². The Morgan fingerprint density at radius 3 is 2.62 bits per heavy atom. The zero-order valence-corrected chi connectivity index (χ0v) is 17.5. The van der Waals surface area contributed by atoms with Crippen LogP contribution in [0.25, 0.3) is 6.08 Å². The van der Waals surface area contributed by atoms with Gasteiger partial charge in [0.25, 0.3) is 0 Å². The Bertz CT molecular complexity index is 922. The molecule has 1 aliphatic heterocycles. The molecule has 2 unspecified atom stereocenters. The van der Waals surface area contributed by atoms with E-state index >= 15 is 0 Å². The minimum atomic E-state index is -0.298. The molecule has 0 bridgehead atoms. The van der Waals surface area contributed by atoms with Crippen LogP contribution in [0.2, 0.25) is 0 Å². The molecule has 0 spiro atoms. The number of carbonyl (C=O) groups is 2. The average molecular weight is 392 g/mol. The van der Waals surface area contributed by atoms with Crippen molar-refractivity contribution in [2.45, 2.75) is 39.3 Å². The van der Waals surface area contributed by atoms with Gasteiger partial charge >= 0.3 is 0 Å². The number of nitrogens with zero attached hydrogens (tertiary/aromatic N) is 2. The van der Waals surface area contributed by atoms with Crippen molar-refractivity contribution in [3.05, 3.63) is 71.4 Å². The normalized spacial score (nSPS) is 16.1. The molecule has 0 aliphatic carbocycles. The SMILES string of the molecule is CCN(C(=O)CC1c2ccccc2C=CN1C(C)=O)C(C)c1cccc(OC)c1. The molecule has 0 aromatic heterocycles. The first-order valence-electron chi connectivity index (χ1n) is 9.95. The number of hydrogen-bond acceptors (Lipinski definition) is 3. The number of methoxy groups -OCH3 is 1. The van der Waals surface area contributed by atoms with Crippen molar-refractivity contribution < 1.29 is 14.3 Å². The minimum absolute atomic E-state index is 0.0178. The van der Waals surface area contributed by atoms with Crippen LogP contribution in [0.5, 0.6) is 5.75 Å². The van der Waals surface area contributed by atoms with E-state index in [1.54, 1.807) is 18.2 Å². The number of hydrogen-bond donors (Lipinski definition) is 0. The zero-order valence-electron chi connectivity index (χ0n) is 17.5. The number of ether oxygens (including phenoxy) is 1. The summed E-state index contributed by atoms with van der Waals surface area (Å²) in [7, 11) is 1.64. The number of carbonyl (C=O) groups excluding carboxylic acids is 2. The fourth-order valence-corrected chi connectivity index (χ4v) is 3.94. The van der Waals surface area contributed by atoms with E-state index in [2.05, 4.69) is 0 Å². The van der Waals surface area contributed by atoms with E-state index in [4.69, 9.17) is 4.74 Å². The van der Waals surface area contributed by atoms with Crippen LogP contribution in [0.1, 0.15) is 56.0 Å². The summed E-state index contributed by atoms with van der Waals surface area (Å²) in [5, 5.41) is 0. The molecule has 2 amide bonds. The van der Waals surface area contributed by atoms with Gasteiger partial charge in [0.1, 0.15) is 5.75 Å². The van der Waals surface area contributed by atoms with E-state index in [1.807, 2.05) is 73.4 Å². The standard InChI is InChI=1S/C24H28N2O3/c1-5-25(17(2)20-10-8-11-21(15-20)29-4)24(28)16-23-22-12-7-6-9-19(22)13-14-26(23)18(3)27/h6-15,17,23H,5,16H2,1-4H3. The molecule has 1 aliphatic rings. The molecule has 152 valence electrons. The number of rotatable bonds is 6. The van der Waals surface area contributed by atoms with E-state index in [-0.39, 0.29) is 30.3 Å². The molecule has 0 N–H and O–H groups in total. The van der Waals surface area contributed by atoms with Crippen molar-refractivity contribution >= 4 is 17.9 Å². The van der Waals surface area contributed by atoms with Crippen LogP contribution in [-0.4, -0.2) is 35.3 Å². The highest BCUT2D eigenvalue weighted by atomic mass is 16.5. The highest BCUT2D eigenvalue weighted by Gasteiger charge is 2.31. The molecule has 0 saturated heterocycles. The van der Waals surface area contributed by atoms with Gasteiger partial charge in [-0.1, -0.05) is 36.4 Å². The summed E-state index contributed by atoms with van der Waals surface area (Å²) in [6.07, 6.45) is 3.95. The molecule has 2 aromatic carbocycles. The Kier molecular flexibility index (Phi) is 6.37. The van der Waals surface area contributed by atoms with Crippen molar-refractivity contribution in [3.63, 3.8) is 0 Å². The molecule has 5 heteroatoms. The van der Waals surface area contributed by atoms with Crippen LogP contribution in [0.15, 0.2) is 54.7 Å². The van der Waals surface area contributed by atoms with E-state index < -0.39 is 0 Å². The summed E-state index contributed by atoms with van der Waals surface area (Å²) >= 11 is 0. The Hall–Kier alpha value is -3.08. The van der Waals surface area contributed by atoms with Gasteiger partial charge in [-0.25, -0.2) is 0 Å². The van der Waals surface area contributed by atoms with Crippen molar-refractivity contribution in [3.8, 4) is 5.75 Å². The number of fused-ring (bicyclic) bond motifs is 1. The van der Waals surface area contributed by atoms with Gasteiger partial charge in [-0.15, -0.1) is 0 Å². The smallest absolute Gasteiger partial charge is 0.225 e. The summed E-state index contributed by atoms with van der Waals surface area (Å²) in [5.41, 5.74) is 3.07. The van der Waals surface area contributed by atoms with Crippen molar-refractivity contribution in [1.82, 2.24) is 9.80 Å². The third kappa shape index (κ3) is 4.34. The highest BCUT2D eigenvalue weighted by Crippen LogP contribution is 2.34. The fourth-order valence-electron chi connectivity index (χ4n) is 3.94. The minimum Gasteiger partial charge on any atom is -0.497 e. The van der Waals surface area contributed by atoms with Gasteiger partial charge in [-0.05, 0) is 48.7 Å². The summed E-state index contributed by atoms with van der Waals surface area (Å²) in [4.78, 5) is 29.0. The Morgan fingerprint density at radius 2 is 1.93 bits per heavy atom. The monoisotopic (exact) mass is 392 g/mol. The van der Waals surface area contributed by atoms with Crippen LogP contribution in [0.4, 0.5) is 0 Å². The first kappa shape index (κ1) is 20.6. The number of amides is 2. The third-order valence-electron chi connectivity index (χ3n) is 5.54. The van der Waals surface area contributed by atoms with Crippen LogP contribution in [-0.2, 0) is 9.59 Å². The van der Waals surface area contributed by atoms with E-state index in [1.165, 1.54) is 6.92 Å². The summed E-state index contributed by atoms with van der Waals surface area (Å²) in [5.74, 6) is 0.716. The molecule has 3 rings (SSSR count). The maximum absolute atomic E-state index is 13.3. The summed E-state index contributed by atoms with van der Waals surface area (Å²) in [6.45, 7) is 6.12. The summed E-state index contributed by atoms with van der Waals surface area (Å²) in [6, 6.07) is 15.3. The highest BCUT2D eigenvalue weighted by molar-refractivity contribution is 5.82. The molecular weight excluding hydrogens is 364 g/mol. The molecule has 1 heterocycles. The Labute approximate surface area is 172 Å². The molecule has 5 nitrogen and oxygen atoms in total. The maximum atomic E-state index is 13.3. The molecular formula is C24H28N2O3. The topological polar surface area (TPSA) is 49.9 Å². The van der Waals surface area contributed by atoms with E-state index in [9.17, 15) is 9.59 Å². The van der Waals surface area contributed by atoms with E-state index in [0.29, 0.717) is 6.54 Å². The van der Waals surface area contributed by atoms with Gasteiger partial charge in [0.2, 0.25) is 11.8 Å². The van der Waals surface area contributed by atoms with Crippen molar-refractivity contribution in [1.29, 1.82) is 0 Å². The molecule has 29 heavy (non-hydrogen) atoms. The van der Waals surface area contributed by atoms with E-state index in [0.717, 1.165) is 22.4 Å². The van der Waals surface area contributed by atoms with Crippen LogP contribution in [0.3, 0.4) is 0 Å². The first-order valence-corrected chi connectivity index (χ1v) is 9.95. The van der Waals surface area contributed by atoms with Crippen LogP contribution >= 0.6 is 0 Å². The van der Waals surface area contributed by atoms with Gasteiger partial charge in [0.15, 0.2) is 0 Å². The third-order valence-corrected chi connectivity index (χ3v) is 5.54. The second kappa shape index (κ2) is 8.95. The second-order valence-electron chi connectivity index (χ2n) is 7.22. The van der Waals surface area contributed by atoms with Gasteiger partial charge < -0.3 is 14.5 Å². The Morgan fingerprint density at radius 1 is 1.17 bits per heavy atom. The van der Waals surface area contributed by atoms with Gasteiger partial charge in [0.05, 0.1) is 25.6 Å². The number of benzene rings is 2. The van der Waals surface area contributed by atoms with Gasteiger partial charge in [-0.2, -0.15) is 0 Å². The lowest BCUT2D eigenvalue weighted by Crippen LogP contribution is -2.38. The Balaban J connectivity index is 1.85. The lowest BCUT2D eigenvalue weighted by atomic mass is 9.93. The van der Waals surface area contributed by atoms with Crippen molar-refractivity contribution in [2.24, 2.45) is 0 Å². The lowest BCUT2D eigenvalue weighted by molar-refractivity contribution is -0.136. The van der Waals surface area contributed by atoms with Crippen LogP contribution in [0, 0.1) is 0 Å². The molecule has 0 radical (unpaired) electrons. The predicted octanol–water partition coefficient (Wildman–Crippen LogP) is 4.57.